The van der Waals surface area contributed by atoms with E-state index in [2.05, 4.69) is 0 Å². The van der Waals surface area contributed by atoms with E-state index in [1.807, 2.05) is 0 Å². The maximum Gasteiger partial charge on any atom is 0.151 e. The van der Waals surface area contributed by atoms with Crippen molar-refractivity contribution in [2.24, 2.45) is 0 Å². The minimum absolute atomic E-state index is 0.263. The second-order valence-corrected chi connectivity index (χ2v) is 2.30. The van der Waals surface area contributed by atoms with Gasteiger partial charge in [-0.1, -0.05) is 0 Å². The van der Waals surface area contributed by atoms with Gasteiger partial charge in [0.05, 0.1) is 6.61 Å². The number of hydrogen-bond acceptors (Lipinski definition) is 5. The van der Waals surface area contributed by atoms with E-state index in [1.165, 1.54) is 0 Å². The Labute approximate surface area is 70.6 Å². The maximum absolute atomic E-state index is 10.3. The third-order valence-corrected chi connectivity index (χ3v) is 1.41. The topological polar surface area (TPSA) is 87.0 Å². The number of carbonyl (C=O) groups is 1. The molecular weight excluding hydrogens is 164 g/mol. The smallest absolute Gasteiger partial charge is 0.151 e. The van der Waals surface area contributed by atoms with E-state index in [9.17, 15) is 4.79 Å². The van der Waals surface area contributed by atoms with Crippen molar-refractivity contribution < 1.29 is 24.9 Å². The first-order chi connectivity index (χ1) is 5.67. The van der Waals surface area contributed by atoms with Crippen LogP contribution >= 0.6 is 0 Å². The lowest BCUT2D eigenvalue weighted by Crippen LogP contribution is -2.41. The van der Waals surface area contributed by atoms with Gasteiger partial charge in [0, 0.05) is 6.61 Å². The van der Waals surface area contributed by atoms with Crippen LogP contribution in [0.2, 0.25) is 0 Å². The van der Waals surface area contributed by atoms with Crippen LogP contribution in [0.4, 0.5) is 0 Å². The van der Waals surface area contributed by atoms with Gasteiger partial charge in [0.25, 0.3) is 0 Å². The fourth-order valence-corrected chi connectivity index (χ4v) is 0.738. The molecule has 0 aromatic carbocycles. The second-order valence-electron chi connectivity index (χ2n) is 2.30. The quantitative estimate of drug-likeness (QED) is 0.422. The highest BCUT2D eigenvalue weighted by Crippen LogP contribution is 2.01. The molecule has 0 saturated carbocycles. The molecule has 0 saturated heterocycles. The third kappa shape index (κ3) is 3.27. The molecule has 0 radical (unpaired) electrons. The summed E-state index contributed by atoms with van der Waals surface area (Å²) in [5.41, 5.74) is 0. The Bertz CT molecular complexity index is 127. The molecular formula is C7H14O5. The molecule has 0 aliphatic rings. The summed E-state index contributed by atoms with van der Waals surface area (Å²) >= 11 is 0. The van der Waals surface area contributed by atoms with Crippen molar-refractivity contribution in [3.63, 3.8) is 0 Å². The van der Waals surface area contributed by atoms with Gasteiger partial charge in [-0.25, -0.2) is 0 Å². The zero-order valence-corrected chi connectivity index (χ0v) is 6.88. The monoisotopic (exact) mass is 178 g/mol. The van der Waals surface area contributed by atoms with E-state index < -0.39 is 24.9 Å². The summed E-state index contributed by atoms with van der Waals surface area (Å²) in [4.78, 5) is 10.3. The molecule has 0 aliphatic heterocycles. The Kier molecular flexibility index (Phi) is 5.83. The summed E-state index contributed by atoms with van der Waals surface area (Å²) in [6.45, 7) is 1.33. The zero-order chi connectivity index (χ0) is 9.56. The van der Waals surface area contributed by atoms with Crippen molar-refractivity contribution in [1.29, 1.82) is 0 Å². The molecule has 0 spiro atoms. The average Bonchev–Trinajstić information content (AvgIpc) is 2.11. The van der Waals surface area contributed by atoms with Crippen LogP contribution < -0.4 is 0 Å². The van der Waals surface area contributed by atoms with Crippen LogP contribution in [0.1, 0.15) is 6.92 Å². The van der Waals surface area contributed by atoms with Crippen molar-refractivity contribution in [1.82, 2.24) is 0 Å². The molecule has 0 heterocycles. The summed E-state index contributed by atoms with van der Waals surface area (Å²) < 4.78 is 4.79. The number of carbonyl (C=O) groups excluding carboxylic acids is 1. The minimum atomic E-state index is -1.37. The van der Waals surface area contributed by atoms with Crippen LogP contribution in [-0.4, -0.2) is 53.1 Å². The number of aliphatic hydroxyl groups excluding tert-OH is 3. The first-order valence-electron chi connectivity index (χ1n) is 3.71. The van der Waals surface area contributed by atoms with Gasteiger partial charge < -0.3 is 24.9 Å². The summed E-state index contributed by atoms with van der Waals surface area (Å²) in [5, 5.41) is 26.5. The molecule has 5 heteroatoms. The molecule has 3 N–H and O–H groups in total. The molecule has 0 amide bonds. The van der Waals surface area contributed by atoms with Crippen LogP contribution in [-0.2, 0) is 9.53 Å². The fraction of sp³-hybridized carbons (Fsp3) is 0.857. The summed E-state index contributed by atoms with van der Waals surface area (Å²) in [5.74, 6) is 0. The lowest BCUT2D eigenvalue weighted by Gasteiger charge is -2.20. The van der Waals surface area contributed by atoms with E-state index in [1.54, 1.807) is 6.92 Å². The molecule has 0 aromatic heterocycles. The lowest BCUT2D eigenvalue weighted by atomic mass is 10.1. The fourth-order valence-electron chi connectivity index (χ4n) is 0.738. The predicted octanol–water partition coefficient (Wildman–Crippen LogP) is -1.70. The van der Waals surface area contributed by atoms with Crippen LogP contribution in [0, 0.1) is 0 Å². The minimum Gasteiger partial charge on any atom is -0.394 e. The number of rotatable bonds is 6. The van der Waals surface area contributed by atoms with Crippen molar-refractivity contribution >= 4 is 6.29 Å². The highest BCUT2D eigenvalue weighted by atomic mass is 16.5. The van der Waals surface area contributed by atoms with E-state index in [0.29, 0.717) is 6.29 Å². The number of ether oxygens (including phenoxy) is 1. The van der Waals surface area contributed by atoms with E-state index in [4.69, 9.17) is 20.1 Å². The summed E-state index contributed by atoms with van der Waals surface area (Å²) in [7, 11) is 0. The van der Waals surface area contributed by atoms with Gasteiger partial charge in [-0.15, -0.1) is 0 Å². The summed E-state index contributed by atoms with van der Waals surface area (Å²) in [6, 6.07) is 0. The van der Waals surface area contributed by atoms with E-state index >= 15 is 0 Å². The van der Waals surface area contributed by atoms with Crippen LogP contribution in [0.25, 0.3) is 0 Å². The third-order valence-electron chi connectivity index (χ3n) is 1.41. The predicted molar refractivity (Wildman–Crippen MR) is 40.6 cm³/mol. The highest BCUT2D eigenvalue weighted by molar-refractivity contribution is 5.57. The van der Waals surface area contributed by atoms with Gasteiger partial charge in [-0.05, 0) is 6.92 Å². The average molecular weight is 178 g/mol. The lowest BCUT2D eigenvalue weighted by molar-refractivity contribution is -0.135. The molecule has 5 nitrogen and oxygen atoms in total. The number of aldehydes is 1. The number of hydrogen-bond donors (Lipinski definition) is 3. The number of aliphatic hydroxyl groups is 3. The largest absolute Gasteiger partial charge is 0.394 e. The molecule has 0 aromatic rings. The standard InChI is InChI=1S/C7H14O5/c1-2-12-6(4-9)7(11)5(10)3-8/h4-8,10-11H,2-3H2,1H3. The Morgan fingerprint density at radius 1 is 1.50 bits per heavy atom. The highest BCUT2D eigenvalue weighted by Gasteiger charge is 2.25. The Morgan fingerprint density at radius 3 is 2.42 bits per heavy atom. The van der Waals surface area contributed by atoms with Gasteiger partial charge in [0.15, 0.2) is 6.29 Å². The first kappa shape index (κ1) is 11.5. The second kappa shape index (κ2) is 6.07. The van der Waals surface area contributed by atoms with E-state index in [-0.39, 0.29) is 6.61 Å². The Morgan fingerprint density at radius 2 is 2.08 bits per heavy atom. The van der Waals surface area contributed by atoms with Crippen molar-refractivity contribution in [3.8, 4) is 0 Å². The van der Waals surface area contributed by atoms with Gasteiger partial charge in [0.1, 0.15) is 18.3 Å². The van der Waals surface area contributed by atoms with Crippen LogP contribution in [0.3, 0.4) is 0 Å². The molecule has 0 aliphatic carbocycles. The van der Waals surface area contributed by atoms with Crippen LogP contribution in [0.5, 0.6) is 0 Å². The van der Waals surface area contributed by atoms with Crippen LogP contribution in [0.15, 0.2) is 0 Å². The van der Waals surface area contributed by atoms with Gasteiger partial charge in [-0.2, -0.15) is 0 Å². The van der Waals surface area contributed by atoms with E-state index in [0.717, 1.165) is 0 Å². The Balaban J connectivity index is 4.00. The van der Waals surface area contributed by atoms with Gasteiger partial charge in [0.2, 0.25) is 0 Å². The molecule has 3 atom stereocenters. The molecule has 0 bridgehead atoms. The van der Waals surface area contributed by atoms with Gasteiger partial charge >= 0.3 is 0 Å². The first-order valence-corrected chi connectivity index (χ1v) is 3.71. The molecule has 72 valence electrons. The molecule has 3 unspecified atom stereocenters. The summed E-state index contributed by atoms with van der Waals surface area (Å²) in [6.07, 6.45) is -3.39. The van der Waals surface area contributed by atoms with Crippen molar-refractivity contribution in [2.75, 3.05) is 13.2 Å². The SMILES string of the molecule is CCOC(C=O)C(O)C(O)CO. The Hall–Kier alpha value is -0.490. The molecule has 12 heavy (non-hydrogen) atoms. The van der Waals surface area contributed by atoms with Gasteiger partial charge in [-0.3, -0.25) is 0 Å². The molecule has 0 rings (SSSR count). The molecule has 0 fully saturated rings. The zero-order valence-electron chi connectivity index (χ0n) is 6.88. The normalized spacial score (nSPS) is 18.3. The van der Waals surface area contributed by atoms with Crippen molar-refractivity contribution in [3.05, 3.63) is 0 Å². The van der Waals surface area contributed by atoms with Crippen molar-refractivity contribution in [2.45, 2.75) is 25.2 Å². The maximum atomic E-state index is 10.3.